The van der Waals surface area contributed by atoms with Gasteiger partial charge in [-0.2, -0.15) is 0 Å². The van der Waals surface area contributed by atoms with Gasteiger partial charge in [-0.1, -0.05) is 23.2 Å². The van der Waals surface area contributed by atoms with Crippen LogP contribution in [-0.4, -0.2) is 16.7 Å². The molecule has 0 spiro atoms. The molecule has 0 radical (unpaired) electrons. The fourth-order valence-electron chi connectivity index (χ4n) is 1.23. The number of nitrogens with zero attached hydrogens (tertiary/aromatic N) is 1. The maximum absolute atomic E-state index is 8.67. The minimum Gasteiger partial charge on any atom is -0.396 e. The van der Waals surface area contributed by atoms with Gasteiger partial charge in [0.15, 0.2) is 0 Å². The van der Waals surface area contributed by atoms with Crippen molar-refractivity contribution in [3.05, 3.63) is 28.0 Å². The Kier molecular flexibility index (Phi) is 4.62. The van der Waals surface area contributed by atoms with Crippen molar-refractivity contribution in [2.45, 2.75) is 18.9 Å². The Morgan fingerprint density at radius 1 is 1.36 bits per heavy atom. The first-order valence-electron chi connectivity index (χ1n) is 4.32. The van der Waals surface area contributed by atoms with E-state index in [2.05, 4.69) is 4.98 Å². The summed E-state index contributed by atoms with van der Waals surface area (Å²) in [7, 11) is 0. The molecule has 0 fully saturated rings. The molecule has 0 aliphatic heterocycles. The third-order valence-corrected chi connectivity index (χ3v) is 2.54. The molecule has 0 amide bonds. The molecular formula is C9H12Cl2N2O. The van der Waals surface area contributed by atoms with E-state index in [-0.39, 0.29) is 12.6 Å². The van der Waals surface area contributed by atoms with Crippen LogP contribution in [0, 0.1) is 0 Å². The van der Waals surface area contributed by atoms with Crippen LogP contribution in [0.4, 0.5) is 0 Å². The molecule has 0 unspecified atom stereocenters. The van der Waals surface area contributed by atoms with Gasteiger partial charge >= 0.3 is 0 Å². The molecule has 0 aromatic carbocycles. The number of pyridine rings is 1. The van der Waals surface area contributed by atoms with Gasteiger partial charge in [0.2, 0.25) is 0 Å². The van der Waals surface area contributed by atoms with Gasteiger partial charge in [-0.3, -0.25) is 4.98 Å². The Bertz CT molecular complexity index is 287. The molecule has 0 bridgehead atoms. The van der Waals surface area contributed by atoms with Gasteiger partial charge in [0.1, 0.15) is 0 Å². The summed E-state index contributed by atoms with van der Waals surface area (Å²) in [5, 5.41) is 9.62. The molecule has 0 saturated heterocycles. The molecule has 1 aromatic rings. The monoisotopic (exact) mass is 234 g/mol. The highest BCUT2D eigenvalue weighted by Gasteiger charge is 2.13. The average molecular weight is 235 g/mol. The van der Waals surface area contributed by atoms with E-state index in [4.69, 9.17) is 34.0 Å². The van der Waals surface area contributed by atoms with Gasteiger partial charge in [-0.25, -0.2) is 0 Å². The van der Waals surface area contributed by atoms with Gasteiger partial charge in [0, 0.05) is 30.6 Å². The molecule has 1 atom stereocenters. The molecule has 78 valence electrons. The fraction of sp³-hybridized carbons (Fsp3) is 0.444. The van der Waals surface area contributed by atoms with Gasteiger partial charge in [-0.05, 0) is 12.8 Å². The van der Waals surface area contributed by atoms with Crippen LogP contribution < -0.4 is 5.73 Å². The Hall–Kier alpha value is -0.350. The van der Waals surface area contributed by atoms with E-state index in [1.165, 1.54) is 12.4 Å². The van der Waals surface area contributed by atoms with Crippen molar-refractivity contribution in [1.29, 1.82) is 0 Å². The van der Waals surface area contributed by atoms with Crippen LogP contribution in [0.5, 0.6) is 0 Å². The number of aliphatic hydroxyl groups excluding tert-OH is 1. The number of nitrogens with two attached hydrogens (primary N) is 1. The molecule has 3 N–H and O–H groups in total. The predicted octanol–water partition coefficient (Wildman–Crippen LogP) is 2.16. The largest absolute Gasteiger partial charge is 0.396 e. The van der Waals surface area contributed by atoms with Crippen LogP contribution in [0.3, 0.4) is 0 Å². The summed E-state index contributed by atoms with van der Waals surface area (Å²) in [5.74, 6) is 0. The van der Waals surface area contributed by atoms with E-state index in [0.29, 0.717) is 28.5 Å². The summed E-state index contributed by atoms with van der Waals surface area (Å²) < 4.78 is 0. The Labute approximate surface area is 92.9 Å². The third-order valence-electron chi connectivity index (χ3n) is 1.93. The van der Waals surface area contributed by atoms with Crippen LogP contribution >= 0.6 is 23.2 Å². The summed E-state index contributed by atoms with van der Waals surface area (Å²) >= 11 is 11.8. The van der Waals surface area contributed by atoms with Crippen molar-refractivity contribution >= 4 is 23.2 Å². The van der Waals surface area contributed by atoms with Crippen LogP contribution in [0.15, 0.2) is 12.4 Å². The van der Waals surface area contributed by atoms with Crippen LogP contribution in [0.2, 0.25) is 10.0 Å². The smallest absolute Gasteiger partial charge is 0.0651 e. The first-order valence-corrected chi connectivity index (χ1v) is 5.07. The maximum Gasteiger partial charge on any atom is 0.0651 e. The Balaban J connectivity index is 2.82. The van der Waals surface area contributed by atoms with Gasteiger partial charge in [0.05, 0.1) is 10.0 Å². The van der Waals surface area contributed by atoms with E-state index >= 15 is 0 Å². The molecule has 1 rings (SSSR count). The molecule has 0 aliphatic rings. The van der Waals surface area contributed by atoms with E-state index < -0.39 is 0 Å². The molecule has 1 heterocycles. The molecule has 14 heavy (non-hydrogen) atoms. The summed E-state index contributed by atoms with van der Waals surface area (Å²) in [6.07, 6.45) is 4.32. The second kappa shape index (κ2) is 5.51. The first-order chi connectivity index (χ1) is 6.66. The zero-order valence-corrected chi connectivity index (χ0v) is 9.09. The van der Waals surface area contributed by atoms with E-state index in [1.54, 1.807) is 0 Å². The molecule has 0 saturated carbocycles. The Morgan fingerprint density at radius 3 is 2.43 bits per heavy atom. The van der Waals surface area contributed by atoms with Crippen molar-refractivity contribution in [2.24, 2.45) is 5.73 Å². The van der Waals surface area contributed by atoms with Gasteiger partial charge in [-0.15, -0.1) is 0 Å². The second-order valence-corrected chi connectivity index (χ2v) is 3.80. The van der Waals surface area contributed by atoms with E-state index in [1.807, 2.05) is 0 Å². The van der Waals surface area contributed by atoms with Crippen LogP contribution in [-0.2, 0) is 0 Å². The normalized spacial score (nSPS) is 12.9. The minimum absolute atomic E-state index is 0.119. The number of aliphatic hydroxyl groups is 1. The highest BCUT2D eigenvalue weighted by atomic mass is 35.5. The topological polar surface area (TPSA) is 59.1 Å². The zero-order valence-electron chi connectivity index (χ0n) is 7.58. The molecule has 1 aromatic heterocycles. The summed E-state index contributed by atoms with van der Waals surface area (Å²) in [6, 6.07) is -0.245. The standard InChI is InChI=1S/C9H12Cl2N2O/c10-6-4-13-5-7(11)9(6)8(12)2-1-3-14/h4-5,8,14H,1-3,12H2/t8-/m1/s1. The summed E-state index contributed by atoms with van der Waals surface area (Å²) in [6.45, 7) is 0.119. The van der Waals surface area contributed by atoms with E-state index in [0.717, 1.165) is 0 Å². The predicted molar refractivity (Wildman–Crippen MR) is 57.5 cm³/mol. The highest BCUT2D eigenvalue weighted by Crippen LogP contribution is 2.29. The van der Waals surface area contributed by atoms with Crippen molar-refractivity contribution < 1.29 is 5.11 Å². The number of hydrogen-bond donors (Lipinski definition) is 2. The Morgan fingerprint density at radius 2 is 1.93 bits per heavy atom. The zero-order chi connectivity index (χ0) is 10.6. The molecule has 5 heteroatoms. The van der Waals surface area contributed by atoms with Crippen molar-refractivity contribution in [3.8, 4) is 0 Å². The van der Waals surface area contributed by atoms with Crippen LogP contribution in [0.1, 0.15) is 24.4 Å². The SMILES string of the molecule is N[C@H](CCCO)c1c(Cl)cncc1Cl. The minimum atomic E-state index is -0.245. The lowest BCUT2D eigenvalue weighted by Gasteiger charge is -2.13. The summed E-state index contributed by atoms with van der Waals surface area (Å²) in [5.41, 5.74) is 6.58. The van der Waals surface area contributed by atoms with Gasteiger partial charge < -0.3 is 10.8 Å². The van der Waals surface area contributed by atoms with Crippen molar-refractivity contribution in [1.82, 2.24) is 4.98 Å². The van der Waals surface area contributed by atoms with Gasteiger partial charge in [0.25, 0.3) is 0 Å². The lowest BCUT2D eigenvalue weighted by atomic mass is 10.0. The number of aromatic nitrogens is 1. The average Bonchev–Trinajstić information content (AvgIpc) is 2.14. The molecular weight excluding hydrogens is 223 g/mol. The third kappa shape index (κ3) is 2.82. The van der Waals surface area contributed by atoms with Crippen molar-refractivity contribution in [3.63, 3.8) is 0 Å². The lowest BCUT2D eigenvalue weighted by Crippen LogP contribution is -2.12. The van der Waals surface area contributed by atoms with E-state index in [9.17, 15) is 0 Å². The van der Waals surface area contributed by atoms with Crippen molar-refractivity contribution in [2.75, 3.05) is 6.61 Å². The molecule has 0 aliphatic carbocycles. The maximum atomic E-state index is 8.67. The quantitative estimate of drug-likeness (QED) is 0.840. The lowest BCUT2D eigenvalue weighted by molar-refractivity contribution is 0.280. The second-order valence-electron chi connectivity index (χ2n) is 2.99. The number of halogens is 2. The highest BCUT2D eigenvalue weighted by molar-refractivity contribution is 6.35. The molecule has 3 nitrogen and oxygen atoms in total. The fourth-order valence-corrected chi connectivity index (χ4v) is 1.88. The first kappa shape index (κ1) is 11.7. The number of rotatable bonds is 4. The van der Waals surface area contributed by atoms with Crippen LogP contribution in [0.25, 0.3) is 0 Å². The summed E-state index contributed by atoms with van der Waals surface area (Å²) in [4.78, 5) is 3.84. The number of hydrogen-bond acceptors (Lipinski definition) is 3.